The van der Waals surface area contributed by atoms with Crippen LogP contribution < -0.4 is 10.1 Å². The molecule has 2 aromatic rings. The number of rotatable bonds is 3. The number of hydrogen-bond acceptors (Lipinski definition) is 3. The fourth-order valence-corrected chi connectivity index (χ4v) is 2.23. The fraction of sp³-hybridized carbons (Fsp3) is 0.357. The second-order valence-electron chi connectivity index (χ2n) is 4.90. The Hall–Kier alpha value is -2.02. The van der Waals surface area contributed by atoms with E-state index < -0.39 is 11.7 Å². The maximum absolute atomic E-state index is 12.5. The largest absolute Gasteiger partial charge is 0.486 e. The number of aromatic nitrogens is 2. The van der Waals surface area contributed by atoms with Crippen molar-refractivity contribution in [2.24, 2.45) is 0 Å². The van der Waals surface area contributed by atoms with Crippen molar-refractivity contribution in [3.05, 3.63) is 42.2 Å². The molecule has 21 heavy (non-hydrogen) atoms. The number of hydrogen-bond donors (Lipinski definition) is 1. The minimum Gasteiger partial charge on any atom is -0.486 e. The number of ether oxygens (including phenoxy) is 1. The average Bonchev–Trinajstić information content (AvgIpc) is 3.10. The Morgan fingerprint density at radius 1 is 1.24 bits per heavy atom. The zero-order valence-corrected chi connectivity index (χ0v) is 11.1. The van der Waals surface area contributed by atoms with Gasteiger partial charge in [-0.05, 0) is 37.2 Å². The molecule has 0 radical (unpaired) electrons. The van der Waals surface area contributed by atoms with E-state index >= 15 is 0 Å². The number of nitrogens with one attached hydrogen (secondary N) is 1. The zero-order valence-electron chi connectivity index (χ0n) is 11.1. The minimum atomic E-state index is -4.33. The standard InChI is InChI=1S/C14H14F3N3O/c15-14(16,17)10-1-3-11(4-2-10)20-9-13(8-19-20)21-12-5-6-18-7-12/h1-4,8-9,12,18H,5-7H2. The van der Waals surface area contributed by atoms with Crippen molar-refractivity contribution in [1.82, 2.24) is 15.1 Å². The van der Waals surface area contributed by atoms with E-state index in [2.05, 4.69) is 10.4 Å². The predicted molar refractivity (Wildman–Crippen MR) is 70.5 cm³/mol. The van der Waals surface area contributed by atoms with Crippen molar-refractivity contribution < 1.29 is 17.9 Å². The van der Waals surface area contributed by atoms with Gasteiger partial charge >= 0.3 is 6.18 Å². The maximum Gasteiger partial charge on any atom is 0.416 e. The summed E-state index contributed by atoms with van der Waals surface area (Å²) in [6.45, 7) is 1.73. The summed E-state index contributed by atoms with van der Waals surface area (Å²) in [5.74, 6) is 0.614. The third kappa shape index (κ3) is 3.18. The van der Waals surface area contributed by atoms with Crippen molar-refractivity contribution in [3.8, 4) is 11.4 Å². The molecule has 4 nitrogen and oxygen atoms in total. The van der Waals surface area contributed by atoms with Gasteiger partial charge in [0, 0.05) is 6.54 Å². The molecule has 0 aliphatic carbocycles. The molecule has 0 bridgehead atoms. The van der Waals surface area contributed by atoms with E-state index in [1.54, 1.807) is 12.4 Å². The van der Waals surface area contributed by atoms with Crippen LogP contribution in [-0.4, -0.2) is 29.0 Å². The van der Waals surface area contributed by atoms with E-state index in [0.717, 1.165) is 31.6 Å². The van der Waals surface area contributed by atoms with Crippen molar-refractivity contribution in [2.75, 3.05) is 13.1 Å². The summed E-state index contributed by atoms with van der Waals surface area (Å²) >= 11 is 0. The first kappa shape index (κ1) is 13.9. The minimum absolute atomic E-state index is 0.121. The summed E-state index contributed by atoms with van der Waals surface area (Å²) in [6, 6.07) is 4.85. The first-order chi connectivity index (χ1) is 10.0. The van der Waals surface area contributed by atoms with Crippen LogP contribution >= 0.6 is 0 Å². The number of halogens is 3. The van der Waals surface area contributed by atoms with E-state index in [9.17, 15) is 13.2 Å². The van der Waals surface area contributed by atoms with Crippen LogP contribution in [0.3, 0.4) is 0 Å². The molecule has 1 fully saturated rings. The summed E-state index contributed by atoms with van der Waals surface area (Å²) in [7, 11) is 0. The van der Waals surface area contributed by atoms with Gasteiger partial charge < -0.3 is 10.1 Å². The highest BCUT2D eigenvalue weighted by molar-refractivity contribution is 5.36. The lowest BCUT2D eigenvalue weighted by Gasteiger charge is -2.09. The van der Waals surface area contributed by atoms with Crippen LogP contribution in [0.15, 0.2) is 36.7 Å². The molecule has 112 valence electrons. The summed E-state index contributed by atoms with van der Waals surface area (Å²) in [5, 5.41) is 7.30. The topological polar surface area (TPSA) is 39.1 Å². The Morgan fingerprint density at radius 3 is 2.62 bits per heavy atom. The lowest BCUT2D eigenvalue weighted by molar-refractivity contribution is -0.137. The van der Waals surface area contributed by atoms with Crippen LogP contribution in [0, 0.1) is 0 Å². The molecule has 1 N–H and O–H groups in total. The monoisotopic (exact) mass is 297 g/mol. The third-order valence-electron chi connectivity index (χ3n) is 3.34. The molecule has 7 heteroatoms. The van der Waals surface area contributed by atoms with Gasteiger partial charge in [-0.25, -0.2) is 4.68 Å². The summed E-state index contributed by atoms with van der Waals surface area (Å²) in [4.78, 5) is 0. The first-order valence-corrected chi connectivity index (χ1v) is 6.62. The molecule has 0 amide bonds. The Labute approximate surface area is 119 Å². The zero-order chi connectivity index (χ0) is 14.9. The second-order valence-corrected chi connectivity index (χ2v) is 4.90. The normalized spacial score (nSPS) is 18.9. The van der Waals surface area contributed by atoms with Crippen molar-refractivity contribution in [3.63, 3.8) is 0 Å². The molecular formula is C14H14F3N3O. The van der Waals surface area contributed by atoms with Gasteiger partial charge in [-0.1, -0.05) is 0 Å². The van der Waals surface area contributed by atoms with Gasteiger partial charge in [-0.15, -0.1) is 0 Å². The van der Waals surface area contributed by atoms with Crippen molar-refractivity contribution in [1.29, 1.82) is 0 Å². The van der Waals surface area contributed by atoms with Crippen molar-refractivity contribution >= 4 is 0 Å². The van der Waals surface area contributed by atoms with Crippen LogP contribution in [0.25, 0.3) is 5.69 Å². The average molecular weight is 297 g/mol. The SMILES string of the molecule is FC(F)(F)c1ccc(-n2cc(OC3CCNC3)cn2)cc1. The third-order valence-corrected chi connectivity index (χ3v) is 3.34. The van der Waals surface area contributed by atoms with Crippen LogP contribution in [0.1, 0.15) is 12.0 Å². The molecule has 1 atom stereocenters. The molecule has 1 aliphatic heterocycles. The summed E-state index contributed by atoms with van der Waals surface area (Å²) < 4.78 is 44.7. The molecule has 1 aliphatic rings. The summed E-state index contributed by atoms with van der Waals surface area (Å²) in [6.07, 6.45) is -0.0374. The van der Waals surface area contributed by atoms with Crippen molar-refractivity contribution in [2.45, 2.75) is 18.7 Å². The highest BCUT2D eigenvalue weighted by Gasteiger charge is 2.30. The molecule has 1 unspecified atom stereocenters. The van der Waals surface area contributed by atoms with Gasteiger partial charge in [-0.2, -0.15) is 18.3 Å². The molecule has 1 saturated heterocycles. The molecule has 3 rings (SSSR count). The van der Waals surface area contributed by atoms with Gasteiger partial charge in [0.25, 0.3) is 0 Å². The number of alkyl halides is 3. The van der Waals surface area contributed by atoms with E-state index in [1.807, 2.05) is 0 Å². The molecule has 2 heterocycles. The van der Waals surface area contributed by atoms with E-state index in [1.165, 1.54) is 16.8 Å². The molecule has 0 spiro atoms. The first-order valence-electron chi connectivity index (χ1n) is 6.62. The highest BCUT2D eigenvalue weighted by Crippen LogP contribution is 2.29. The molecule has 1 aromatic carbocycles. The lowest BCUT2D eigenvalue weighted by atomic mass is 10.2. The second kappa shape index (κ2) is 5.40. The highest BCUT2D eigenvalue weighted by atomic mass is 19.4. The van der Waals surface area contributed by atoms with Crippen LogP contribution in [0.4, 0.5) is 13.2 Å². The van der Waals surface area contributed by atoms with E-state index in [0.29, 0.717) is 11.4 Å². The molecular weight excluding hydrogens is 283 g/mol. The van der Waals surface area contributed by atoms with Gasteiger partial charge in [-0.3, -0.25) is 0 Å². The predicted octanol–water partition coefficient (Wildman–Crippen LogP) is 2.63. The Bertz CT molecular complexity index is 601. The Kier molecular flexibility index (Phi) is 3.59. The van der Waals surface area contributed by atoms with Crippen LogP contribution in [-0.2, 0) is 6.18 Å². The number of nitrogens with zero attached hydrogens (tertiary/aromatic N) is 2. The number of benzene rings is 1. The van der Waals surface area contributed by atoms with E-state index in [4.69, 9.17) is 4.74 Å². The maximum atomic E-state index is 12.5. The van der Waals surface area contributed by atoms with Gasteiger partial charge in [0.2, 0.25) is 0 Å². The van der Waals surface area contributed by atoms with Crippen LogP contribution in [0.5, 0.6) is 5.75 Å². The molecule has 1 aromatic heterocycles. The Balaban J connectivity index is 1.73. The smallest absolute Gasteiger partial charge is 0.416 e. The van der Waals surface area contributed by atoms with Gasteiger partial charge in [0.05, 0.1) is 23.6 Å². The summed E-state index contributed by atoms with van der Waals surface area (Å²) in [5.41, 5.74) is -0.116. The van der Waals surface area contributed by atoms with E-state index in [-0.39, 0.29) is 6.10 Å². The Morgan fingerprint density at radius 2 is 2.00 bits per heavy atom. The lowest BCUT2D eigenvalue weighted by Crippen LogP contribution is -2.19. The van der Waals surface area contributed by atoms with Crippen LogP contribution in [0.2, 0.25) is 0 Å². The molecule has 0 saturated carbocycles. The quantitative estimate of drug-likeness (QED) is 0.946. The fourth-order valence-electron chi connectivity index (χ4n) is 2.23. The van der Waals surface area contributed by atoms with Gasteiger partial charge in [0.15, 0.2) is 5.75 Å². The van der Waals surface area contributed by atoms with Gasteiger partial charge in [0.1, 0.15) is 6.10 Å².